The summed E-state index contributed by atoms with van der Waals surface area (Å²) in [5, 5.41) is 0. The number of fused-ring (bicyclic) bond motifs is 1. The molecule has 0 saturated carbocycles. The Bertz CT molecular complexity index is 1050. The lowest BCUT2D eigenvalue weighted by atomic mass is 10.2. The van der Waals surface area contributed by atoms with Crippen LogP contribution >= 0.6 is 15.9 Å². The molecule has 1 atom stereocenters. The van der Waals surface area contributed by atoms with E-state index in [0.29, 0.717) is 29.2 Å². The van der Waals surface area contributed by atoms with Gasteiger partial charge in [0, 0.05) is 11.0 Å². The number of halogens is 1. The highest BCUT2D eigenvalue weighted by Crippen LogP contribution is 2.39. The Morgan fingerprint density at radius 2 is 2.11 bits per heavy atom. The van der Waals surface area contributed by atoms with Gasteiger partial charge in [0.2, 0.25) is 10.0 Å². The second-order valence-electron chi connectivity index (χ2n) is 6.44. The maximum absolute atomic E-state index is 13.5. The van der Waals surface area contributed by atoms with Crippen LogP contribution in [0.2, 0.25) is 0 Å². The number of nitrogens with one attached hydrogen (secondary N) is 1. The topological polar surface area (TPSA) is 75.3 Å². The molecule has 27 heavy (non-hydrogen) atoms. The Morgan fingerprint density at radius 1 is 1.30 bits per heavy atom. The predicted octanol–water partition coefficient (Wildman–Crippen LogP) is 4.25. The highest BCUT2D eigenvalue weighted by atomic mass is 79.9. The number of hydrogen-bond acceptors (Lipinski definition) is 4. The average molecular weight is 450 g/mol. The van der Waals surface area contributed by atoms with Crippen molar-refractivity contribution in [2.75, 3.05) is 13.2 Å². The highest BCUT2D eigenvalue weighted by molar-refractivity contribution is 9.10. The summed E-state index contributed by atoms with van der Waals surface area (Å²) in [6.45, 7) is 2.70. The lowest BCUT2D eigenvalue weighted by molar-refractivity contribution is 0.327. The molecular formula is C19H20BrN3O3S. The molecule has 3 aromatic rings. The molecule has 2 aromatic carbocycles. The molecule has 1 fully saturated rings. The summed E-state index contributed by atoms with van der Waals surface area (Å²) in [4.78, 5) is 8.09. The van der Waals surface area contributed by atoms with Crippen LogP contribution in [0.5, 0.6) is 5.75 Å². The van der Waals surface area contributed by atoms with Crippen molar-refractivity contribution in [1.82, 2.24) is 14.3 Å². The van der Waals surface area contributed by atoms with Crippen LogP contribution in [0.15, 0.2) is 51.8 Å². The number of ether oxygens (including phenoxy) is 1. The van der Waals surface area contributed by atoms with Gasteiger partial charge in [0.1, 0.15) is 16.5 Å². The maximum atomic E-state index is 13.5. The zero-order chi connectivity index (χ0) is 19.0. The number of rotatable bonds is 5. The summed E-state index contributed by atoms with van der Waals surface area (Å²) >= 11 is 3.37. The molecule has 1 saturated heterocycles. The smallest absolute Gasteiger partial charge is 0.247 e. The monoisotopic (exact) mass is 449 g/mol. The minimum Gasteiger partial charge on any atom is -0.492 e. The zero-order valence-corrected chi connectivity index (χ0v) is 17.3. The van der Waals surface area contributed by atoms with E-state index in [1.807, 2.05) is 31.2 Å². The molecule has 1 N–H and O–H groups in total. The third-order valence-electron chi connectivity index (χ3n) is 4.72. The fraction of sp³-hybridized carbons (Fsp3) is 0.316. The number of aromatic nitrogens is 2. The minimum absolute atomic E-state index is 0.182. The normalized spacial score (nSPS) is 18.2. The van der Waals surface area contributed by atoms with E-state index in [1.54, 1.807) is 18.2 Å². The van der Waals surface area contributed by atoms with Crippen LogP contribution in [-0.2, 0) is 10.0 Å². The highest BCUT2D eigenvalue weighted by Gasteiger charge is 2.39. The first-order chi connectivity index (χ1) is 13.0. The molecule has 4 rings (SSSR count). The molecule has 1 aliphatic heterocycles. The molecule has 0 unspecified atom stereocenters. The van der Waals surface area contributed by atoms with Crippen LogP contribution < -0.4 is 4.74 Å². The molecule has 6 nitrogen and oxygen atoms in total. The second-order valence-corrected chi connectivity index (χ2v) is 9.21. The van der Waals surface area contributed by atoms with Crippen molar-refractivity contribution in [3.05, 3.63) is 52.8 Å². The molecule has 1 aliphatic rings. The number of nitrogens with zero attached hydrogens (tertiary/aromatic N) is 2. The second kappa shape index (κ2) is 7.26. The van der Waals surface area contributed by atoms with E-state index in [-0.39, 0.29) is 10.9 Å². The van der Waals surface area contributed by atoms with E-state index in [9.17, 15) is 8.42 Å². The number of hydrogen-bond donors (Lipinski definition) is 1. The molecule has 0 spiro atoms. The van der Waals surface area contributed by atoms with E-state index in [1.165, 1.54) is 4.31 Å². The largest absolute Gasteiger partial charge is 0.492 e. The average Bonchev–Trinajstić information content (AvgIpc) is 3.30. The molecule has 0 bridgehead atoms. The Morgan fingerprint density at radius 3 is 2.89 bits per heavy atom. The lowest BCUT2D eigenvalue weighted by Crippen LogP contribution is -2.31. The summed E-state index contributed by atoms with van der Waals surface area (Å²) in [7, 11) is -3.73. The Kier molecular flexibility index (Phi) is 4.96. The van der Waals surface area contributed by atoms with Gasteiger partial charge in [-0.1, -0.05) is 28.1 Å². The van der Waals surface area contributed by atoms with Crippen molar-refractivity contribution in [2.45, 2.75) is 30.7 Å². The van der Waals surface area contributed by atoms with Crippen LogP contribution in [0.3, 0.4) is 0 Å². The summed E-state index contributed by atoms with van der Waals surface area (Å²) in [6.07, 6.45) is 1.52. The van der Waals surface area contributed by atoms with Gasteiger partial charge >= 0.3 is 0 Å². The molecule has 1 aromatic heterocycles. The van der Waals surface area contributed by atoms with E-state index in [2.05, 4.69) is 25.9 Å². The van der Waals surface area contributed by atoms with E-state index < -0.39 is 10.0 Å². The molecular weight excluding hydrogens is 430 g/mol. The third-order valence-corrected chi connectivity index (χ3v) is 7.14. The Balaban J connectivity index is 1.76. The fourth-order valence-electron chi connectivity index (χ4n) is 3.52. The van der Waals surface area contributed by atoms with Gasteiger partial charge in [-0.3, -0.25) is 0 Å². The minimum atomic E-state index is -3.73. The first kappa shape index (κ1) is 18.5. The fourth-order valence-corrected chi connectivity index (χ4v) is 5.85. The van der Waals surface area contributed by atoms with E-state index in [0.717, 1.165) is 23.9 Å². The molecule has 8 heteroatoms. The van der Waals surface area contributed by atoms with Crippen LogP contribution in [0.4, 0.5) is 0 Å². The van der Waals surface area contributed by atoms with Gasteiger partial charge in [0.05, 0.1) is 23.7 Å². The molecule has 2 heterocycles. The SMILES string of the molecule is CCOc1ccc(Br)cc1S(=O)(=O)N1CCC[C@@H]1c1nc2ccccc2[nH]1. The molecule has 0 amide bonds. The molecule has 0 radical (unpaired) electrons. The van der Waals surface area contributed by atoms with Gasteiger partial charge in [-0.15, -0.1) is 0 Å². The van der Waals surface area contributed by atoms with Crippen LogP contribution in [0, 0.1) is 0 Å². The molecule has 142 valence electrons. The van der Waals surface area contributed by atoms with Crippen molar-refractivity contribution in [3.8, 4) is 5.75 Å². The first-order valence-electron chi connectivity index (χ1n) is 8.89. The number of sulfonamides is 1. The Hall–Kier alpha value is -1.90. The standard InChI is InChI=1S/C19H20BrN3O3S/c1-2-26-17-10-9-13(20)12-18(17)27(24,25)23-11-5-8-16(23)19-21-14-6-3-4-7-15(14)22-19/h3-4,6-7,9-10,12,16H,2,5,8,11H2,1H3,(H,21,22)/t16-/m1/s1. The number of benzene rings is 2. The van der Waals surface area contributed by atoms with Gasteiger partial charge < -0.3 is 9.72 Å². The van der Waals surface area contributed by atoms with Gasteiger partial charge in [-0.05, 0) is 50.1 Å². The summed E-state index contributed by atoms with van der Waals surface area (Å²) in [5.74, 6) is 1.06. The van der Waals surface area contributed by atoms with E-state index >= 15 is 0 Å². The van der Waals surface area contributed by atoms with Crippen LogP contribution in [0.25, 0.3) is 11.0 Å². The number of H-pyrrole nitrogens is 1. The summed E-state index contributed by atoms with van der Waals surface area (Å²) in [5.41, 5.74) is 1.75. The zero-order valence-electron chi connectivity index (χ0n) is 14.9. The van der Waals surface area contributed by atoms with Crippen molar-refractivity contribution in [2.24, 2.45) is 0 Å². The predicted molar refractivity (Wildman–Crippen MR) is 107 cm³/mol. The van der Waals surface area contributed by atoms with Crippen molar-refractivity contribution in [3.63, 3.8) is 0 Å². The van der Waals surface area contributed by atoms with Crippen molar-refractivity contribution >= 4 is 37.0 Å². The van der Waals surface area contributed by atoms with Crippen molar-refractivity contribution in [1.29, 1.82) is 0 Å². The lowest BCUT2D eigenvalue weighted by Gasteiger charge is -2.24. The number of imidazole rings is 1. The van der Waals surface area contributed by atoms with Gasteiger partial charge in [0.15, 0.2) is 0 Å². The van der Waals surface area contributed by atoms with Crippen molar-refractivity contribution < 1.29 is 13.2 Å². The summed E-state index contributed by atoms with van der Waals surface area (Å²) in [6, 6.07) is 12.5. The summed E-state index contributed by atoms with van der Waals surface area (Å²) < 4.78 is 34.7. The van der Waals surface area contributed by atoms with Gasteiger partial charge in [-0.2, -0.15) is 4.31 Å². The van der Waals surface area contributed by atoms with Crippen LogP contribution in [-0.4, -0.2) is 35.8 Å². The first-order valence-corrected chi connectivity index (χ1v) is 11.1. The van der Waals surface area contributed by atoms with Gasteiger partial charge in [0.25, 0.3) is 0 Å². The van der Waals surface area contributed by atoms with Crippen LogP contribution in [0.1, 0.15) is 31.6 Å². The quantitative estimate of drug-likeness (QED) is 0.631. The Labute approximate surface area is 166 Å². The number of aromatic amines is 1. The maximum Gasteiger partial charge on any atom is 0.247 e. The van der Waals surface area contributed by atoms with Gasteiger partial charge in [-0.25, -0.2) is 13.4 Å². The molecule has 0 aliphatic carbocycles. The third kappa shape index (κ3) is 3.37. The van der Waals surface area contributed by atoms with E-state index in [4.69, 9.17) is 4.74 Å². The number of para-hydroxylation sites is 2.